The number of carbonyl (C=O) groups is 1. The standard InChI is InChI=1S/C23H29NO2/c1-15(2)12-16-6-5-7-17(13-16)18-8-9-20-19(14-18)10-11-23(3,4)21(20)24-22(25)26/h5-9,13-15,21,24H,10-12H2,1-4H3,(H,25,26)/t21-/m0/s1. The van der Waals surface area contributed by atoms with Gasteiger partial charge in [0.2, 0.25) is 0 Å². The van der Waals surface area contributed by atoms with Gasteiger partial charge in [-0.25, -0.2) is 4.79 Å². The van der Waals surface area contributed by atoms with Crippen molar-refractivity contribution in [1.82, 2.24) is 5.32 Å². The largest absolute Gasteiger partial charge is 0.465 e. The minimum Gasteiger partial charge on any atom is -0.465 e. The van der Waals surface area contributed by atoms with E-state index in [2.05, 4.69) is 75.5 Å². The Kier molecular flexibility index (Phi) is 5.08. The quantitative estimate of drug-likeness (QED) is 0.727. The molecule has 0 spiro atoms. The average molecular weight is 351 g/mol. The van der Waals surface area contributed by atoms with Crippen molar-refractivity contribution in [2.24, 2.45) is 11.3 Å². The highest BCUT2D eigenvalue weighted by molar-refractivity contribution is 5.68. The second-order valence-electron chi connectivity index (χ2n) is 8.58. The summed E-state index contributed by atoms with van der Waals surface area (Å²) >= 11 is 0. The number of benzene rings is 2. The van der Waals surface area contributed by atoms with Gasteiger partial charge in [-0.15, -0.1) is 0 Å². The molecular formula is C23H29NO2. The lowest BCUT2D eigenvalue weighted by Crippen LogP contribution is -2.40. The number of hydrogen-bond donors (Lipinski definition) is 2. The number of amides is 1. The summed E-state index contributed by atoms with van der Waals surface area (Å²) < 4.78 is 0. The second-order valence-corrected chi connectivity index (χ2v) is 8.58. The molecule has 0 fully saturated rings. The predicted molar refractivity (Wildman–Crippen MR) is 106 cm³/mol. The lowest BCUT2D eigenvalue weighted by Gasteiger charge is -2.40. The Hall–Kier alpha value is -2.29. The molecule has 3 rings (SSSR count). The summed E-state index contributed by atoms with van der Waals surface area (Å²) in [4.78, 5) is 11.3. The number of hydrogen-bond acceptors (Lipinski definition) is 1. The molecule has 2 aromatic carbocycles. The normalized spacial score (nSPS) is 18.4. The highest BCUT2D eigenvalue weighted by Crippen LogP contribution is 2.44. The molecule has 0 unspecified atom stereocenters. The van der Waals surface area contributed by atoms with Gasteiger partial charge in [-0.3, -0.25) is 0 Å². The van der Waals surface area contributed by atoms with Crippen LogP contribution in [0.25, 0.3) is 11.1 Å². The number of fused-ring (bicyclic) bond motifs is 1. The van der Waals surface area contributed by atoms with Crippen LogP contribution in [0, 0.1) is 11.3 Å². The first kappa shape index (κ1) is 18.5. The first-order valence-corrected chi connectivity index (χ1v) is 9.48. The third-order valence-corrected chi connectivity index (χ3v) is 5.45. The first-order chi connectivity index (χ1) is 12.3. The van der Waals surface area contributed by atoms with Gasteiger partial charge in [-0.1, -0.05) is 70.2 Å². The molecule has 0 heterocycles. The Bertz CT molecular complexity index is 808. The maximum Gasteiger partial charge on any atom is 0.405 e. The monoisotopic (exact) mass is 351 g/mol. The van der Waals surface area contributed by atoms with E-state index in [1.165, 1.54) is 22.3 Å². The highest BCUT2D eigenvalue weighted by atomic mass is 16.4. The van der Waals surface area contributed by atoms with Crippen LogP contribution in [0.5, 0.6) is 0 Å². The van der Waals surface area contributed by atoms with Crippen LogP contribution >= 0.6 is 0 Å². The van der Waals surface area contributed by atoms with Gasteiger partial charge >= 0.3 is 6.09 Å². The Balaban J connectivity index is 1.96. The molecule has 0 radical (unpaired) electrons. The molecule has 3 nitrogen and oxygen atoms in total. The van der Waals surface area contributed by atoms with Crippen LogP contribution in [0.15, 0.2) is 42.5 Å². The van der Waals surface area contributed by atoms with Gasteiger partial charge in [-0.2, -0.15) is 0 Å². The summed E-state index contributed by atoms with van der Waals surface area (Å²) in [6.07, 6.45) is 2.08. The van der Waals surface area contributed by atoms with E-state index < -0.39 is 6.09 Å². The van der Waals surface area contributed by atoms with E-state index in [1.54, 1.807) is 0 Å². The van der Waals surface area contributed by atoms with Crippen LogP contribution < -0.4 is 5.32 Å². The van der Waals surface area contributed by atoms with Crippen LogP contribution in [0.2, 0.25) is 0 Å². The third-order valence-electron chi connectivity index (χ3n) is 5.45. The van der Waals surface area contributed by atoms with Gasteiger partial charge in [0.25, 0.3) is 0 Å². The van der Waals surface area contributed by atoms with Crippen LogP contribution in [0.3, 0.4) is 0 Å². The minimum absolute atomic E-state index is 0.0793. The molecule has 26 heavy (non-hydrogen) atoms. The summed E-state index contributed by atoms with van der Waals surface area (Å²) in [6.45, 7) is 8.76. The lowest BCUT2D eigenvalue weighted by molar-refractivity contribution is 0.161. The number of rotatable bonds is 4. The zero-order valence-corrected chi connectivity index (χ0v) is 16.2. The average Bonchev–Trinajstić information content (AvgIpc) is 2.56. The molecule has 0 saturated heterocycles. The number of aryl methyl sites for hydroxylation is 1. The molecule has 1 aliphatic carbocycles. The van der Waals surface area contributed by atoms with E-state index in [1.807, 2.05) is 0 Å². The van der Waals surface area contributed by atoms with Gasteiger partial charge < -0.3 is 10.4 Å². The van der Waals surface area contributed by atoms with E-state index >= 15 is 0 Å². The zero-order chi connectivity index (χ0) is 18.9. The molecule has 138 valence electrons. The minimum atomic E-state index is -0.957. The maximum absolute atomic E-state index is 11.3. The highest BCUT2D eigenvalue weighted by Gasteiger charge is 2.37. The van der Waals surface area contributed by atoms with E-state index in [0.29, 0.717) is 5.92 Å². The van der Waals surface area contributed by atoms with Crippen LogP contribution in [0.4, 0.5) is 4.79 Å². The van der Waals surface area contributed by atoms with Crippen molar-refractivity contribution in [2.75, 3.05) is 0 Å². The molecule has 3 heteroatoms. The predicted octanol–water partition coefficient (Wildman–Crippen LogP) is 5.83. The van der Waals surface area contributed by atoms with Crippen molar-refractivity contribution in [1.29, 1.82) is 0 Å². The fourth-order valence-electron chi connectivity index (χ4n) is 4.05. The fraction of sp³-hybridized carbons (Fsp3) is 0.435. The molecule has 0 aromatic heterocycles. The zero-order valence-electron chi connectivity index (χ0n) is 16.2. The fourth-order valence-corrected chi connectivity index (χ4v) is 4.05. The summed E-state index contributed by atoms with van der Waals surface area (Å²) in [5, 5.41) is 12.0. The molecule has 1 atom stereocenters. The molecule has 1 aliphatic rings. The molecule has 2 N–H and O–H groups in total. The third kappa shape index (κ3) is 3.92. The molecule has 0 aliphatic heterocycles. The van der Waals surface area contributed by atoms with Gasteiger partial charge in [-0.05, 0) is 58.4 Å². The molecule has 2 aromatic rings. The second kappa shape index (κ2) is 7.14. The van der Waals surface area contributed by atoms with Gasteiger partial charge in [0, 0.05) is 0 Å². The lowest BCUT2D eigenvalue weighted by atomic mass is 9.70. The SMILES string of the molecule is CC(C)Cc1cccc(-c2ccc3c(c2)CCC(C)(C)[C@H]3NC(=O)O)c1. The van der Waals surface area contributed by atoms with Crippen LogP contribution in [-0.2, 0) is 12.8 Å². The van der Waals surface area contributed by atoms with Crippen molar-refractivity contribution in [3.05, 3.63) is 59.2 Å². The Morgan fingerprint density at radius 1 is 1.19 bits per heavy atom. The van der Waals surface area contributed by atoms with Gasteiger partial charge in [0.15, 0.2) is 0 Å². The van der Waals surface area contributed by atoms with Crippen molar-refractivity contribution >= 4 is 6.09 Å². The number of nitrogens with one attached hydrogen (secondary N) is 1. The van der Waals surface area contributed by atoms with E-state index in [4.69, 9.17) is 0 Å². The van der Waals surface area contributed by atoms with Crippen molar-refractivity contribution in [2.45, 2.75) is 53.0 Å². The Morgan fingerprint density at radius 2 is 1.92 bits per heavy atom. The summed E-state index contributed by atoms with van der Waals surface area (Å²) in [5.41, 5.74) is 6.10. The summed E-state index contributed by atoms with van der Waals surface area (Å²) in [7, 11) is 0. The van der Waals surface area contributed by atoms with Gasteiger partial charge in [0.05, 0.1) is 6.04 Å². The van der Waals surface area contributed by atoms with Crippen LogP contribution in [0.1, 0.15) is 56.8 Å². The number of carboxylic acid groups (broad SMARTS) is 1. The molecule has 0 bridgehead atoms. The van der Waals surface area contributed by atoms with Crippen molar-refractivity contribution in [3.63, 3.8) is 0 Å². The van der Waals surface area contributed by atoms with E-state index in [0.717, 1.165) is 24.8 Å². The Labute approximate surface area is 156 Å². The van der Waals surface area contributed by atoms with Crippen molar-refractivity contribution < 1.29 is 9.90 Å². The maximum atomic E-state index is 11.3. The Morgan fingerprint density at radius 3 is 2.62 bits per heavy atom. The molecule has 1 amide bonds. The van der Waals surface area contributed by atoms with Crippen molar-refractivity contribution in [3.8, 4) is 11.1 Å². The molecule has 0 saturated carbocycles. The van der Waals surface area contributed by atoms with E-state index in [9.17, 15) is 9.90 Å². The summed E-state index contributed by atoms with van der Waals surface area (Å²) in [5.74, 6) is 0.638. The van der Waals surface area contributed by atoms with Crippen LogP contribution in [-0.4, -0.2) is 11.2 Å². The first-order valence-electron chi connectivity index (χ1n) is 9.48. The summed E-state index contributed by atoms with van der Waals surface area (Å²) in [6, 6.07) is 15.1. The van der Waals surface area contributed by atoms with E-state index in [-0.39, 0.29) is 11.5 Å². The smallest absolute Gasteiger partial charge is 0.405 e. The topological polar surface area (TPSA) is 49.3 Å². The van der Waals surface area contributed by atoms with Gasteiger partial charge in [0.1, 0.15) is 0 Å². The molecular weight excluding hydrogens is 322 g/mol.